The number of alkyl halides is 3. The summed E-state index contributed by atoms with van der Waals surface area (Å²) in [6.07, 6.45) is 0.892. The maximum absolute atomic E-state index is 12.3. The van der Waals surface area contributed by atoms with Crippen LogP contribution in [0.25, 0.3) is 10.9 Å². The van der Waals surface area contributed by atoms with E-state index in [-0.39, 0.29) is 5.75 Å². The predicted molar refractivity (Wildman–Crippen MR) is 79.2 cm³/mol. The first kappa shape index (κ1) is 15.2. The molecule has 3 nitrogen and oxygen atoms in total. The van der Waals surface area contributed by atoms with E-state index in [4.69, 9.17) is 4.74 Å². The number of benzene rings is 1. The third kappa shape index (κ3) is 3.38. The van der Waals surface area contributed by atoms with Gasteiger partial charge in [0, 0.05) is 23.1 Å². The van der Waals surface area contributed by atoms with Gasteiger partial charge in [-0.25, -0.2) is 0 Å². The number of nitrogens with one attached hydrogen (secondary N) is 1. The molecule has 22 heavy (non-hydrogen) atoms. The van der Waals surface area contributed by atoms with Crippen LogP contribution in [0.4, 0.5) is 13.2 Å². The first-order chi connectivity index (χ1) is 10.4. The van der Waals surface area contributed by atoms with Crippen LogP contribution in [0.1, 0.15) is 18.4 Å². The second-order valence-corrected chi connectivity index (χ2v) is 5.91. The number of hydrogen-bond acceptors (Lipinski definition) is 2. The average molecular weight is 312 g/mol. The van der Waals surface area contributed by atoms with Crippen LogP contribution in [0, 0.1) is 0 Å². The molecule has 0 radical (unpaired) electrons. The normalized spacial score (nSPS) is 19.9. The van der Waals surface area contributed by atoms with Gasteiger partial charge in [0.05, 0.1) is 0 Å². The van der Waals surface area contributed by atoms with Gasteiger partial charge >= 0.3 is 6.18 Å². The third-order valence-electron chi connectivity index (χ3n) is 4.27. The predicted octanol–water partition coefficient (Wildman–Crippen LogP) is 3.75. The first-order valence-electron chi connectivity index (χ1n) is 7.42. The molecule has 0 saturated carbocycles. The van der Waals surface area contributed by atoms with Crippen LogP contribution in [0.15, 0.2) is 24.4 Å². The molecule has 0 aliphatic carbocycles. The molecular formula is C16H19F3N2O. The summed E-state index contributed by atoms with van der Waals surface area (Å²) < 4.78 is 41.6. The topological polar surface area (TPSA) is 28.3 Å². The molecule has 1 aliphatic heterocycles. The lowest BCUT2D eigenvalue weighted by molar-refractivity contribution is -0.153. The smallest absolute Gasteiger partial charge is 0.422 e. The lowest BCUT2D eigenvalue weighted by atomic mass is 10.0. The summed E-state index contributed by atoms with van der Waals surface area (Å²) in [5, 5.41) is 0.944. The van der Waals surface area contributed by atoms with Crippen LogP contribution in [-0.2, 0) is 6.42 Å². The van der Waals surface area contributed by atoms with Gasteiger partial charge in [-0.2, -0.15) is 13.2 Å². The Morgan fingerprint density at radius 2 is 2.18 bits per heavy atom. The molecule has 0 spiro atoms. The molecule has 2 heterocycles. The van der Waals surface area contributed by atoms with Gasteiger partial charge in [0.15, 0.2) is 6.61 Å². The second kappa shape index (κ2) is 5.83. The van der Waals surface area contributed by atoms with E-state index in [0.717, 1.165) is 35.9 Å². The number of halogens is 3. The van der Waals surface area contributed by atoms with Gasteiger partial charge in [-0.3, -0.25) is 0 Å². The van der Waals surface area contributed by atoms with Gasteiger partial charge in [-0.05, 0) is 56.6 Å². The van der Waals surface area contributed by atoms with E-state index >= 15 is 0 Å². The van der Waals surface area contributed by atoms with Crippen LogP contribution in [-0.4, -0.2) is 42.3 Å². The lowest BCUT2D eigenvalue weighted by Crippen LogP contribution is -2.26. The van der Waals surface area contributed by atoms with E-state index in [1.807, 2.05) is 6.20 Å². The van der Waals surface area contributed by atoms with E-state index in [1.54, 1.807) is 18.2 Å². The fraction of sp³-hybridized carbons (Fsp3) is 0.500. The van der Waals surface area contributed by atoms with Gasteiger partial charge in [-0.1, -0.05) is 0 Å². The second-order valence-electron chi connectivity index (χ2n) is 5.91. The lowest BCUT2D eigenvalue weighted by Gasteiger charge is -2.18. The molecule has 1 fully saturated rings. The van der Waals surface area contributed by atoms with Crippen molar-refractivity contribution in [2.75, 3.05) is 20.2 Å². The van der Waals surface area contributed by atoms with Crippen LogP contribution in [0.3, 0.4) is 0 Å². The number of aromatic nitrogens is 1. The van der Waals surface area contributed by atoms with E-state index in [9.17, 15) is 13.2 Å². The van der Waals surface area contributed by atoms with E-state index < -0.39 is 12.8 Å². The molecule has 3 rings (SSSR count). The quantitative estimate of drug-likeness (QED) is 0.931. The molecule has 6 heteroatoms. The van der Waals surface area contributed by atoms with Crippen molar-refractivity contribution < 1.29 is 17.9 Å². The molecule has 1 saturated heterocycles. The highest BCUT2D eigenvalue weighted by Crippen LogP contribution is 2.28. The van der Waals surface area contributed by atoms with Crippen molar-refractivity contribution in [3.8, 4) is 5.75 Å². The first-order valence-corrected chi connectivity index (χ1v) is 7.42. The Bertz CT molecular complexity index is 650. The molecule has 1 aromatic heterocycles. The standard InChI is InChI=1S/C16H19F3N2O/c1-21-6-2-3-12(21)7-11-9-20-15-5-4-13(8-14(11)15)22-10-16(17,18)19/h4-5,8-9,12,20H,2-3,6-7,10H2,1H3/t12-/m1/s1. The van der Waals surface area contributed by atoms with Crippen LogP contribution < -0.4 is 4.74 Å². The number of nitrogens with zero attached hydrogens (tertiary/aromatic N) is 1. The number of H-pyrrole nitrogens is 1. The van der Waals surface area contributed by atoms with E-state index in [1.165, 1.54) is 6.42 Å². The molecule has 2 aromatic rings. The number of likely N-dealkylation sites (tertiary alicyclic amines) is 1. The molecular weight excluding hydrogens is 293 g/mol. The summed E-state index contributed by atoms with van der Waals surface area (Å²) >= 11 is 0. The Kier molecular flexibility index (Phi) is 4.04. The fourth-order valence-corrected chi connectivity index (χ4v) is 3.07. The van der Waals surface area contributed by atoms with Crippen LogP contribution in [0.2, 0.25) is 0 Å². The minimum atomic E-state index is -4.32. The van der Waals surface area contributed by atoms with Crippen molar-refractivity contribution in [3.63, 3.8) is 0 Å². The van der Waals surface area contributed by atoms with Crippen molar-refractivity contribution in [3.05, 3.63) is 30.0 Å². The Morgan fingerprint density at radius 1 is 1.36 bits per heavy atom. The number of aromatic amines is 1. The van der Waals surface area contributed by atoms with Gasteiger partial charge in [-0.15, -0.1) is 0 Å². The largest absolute Gasteiger partial charge is 0.484 e. The maximum Gasteiger partial charge on any atom is 0.422 e. The SMILES string of the molecule is CN1CCC[C@@H]1Cc1c[nH]c2ccc(OCC(F)(F)F)cc12. The third-order valence-corrected chi connectivity index (χ3v) is 4.27. The van der Waals surface area contributed by atoms with Crippen molar-refractivity contribution >= 4 is 10.9 Å². The van der Waals surface area contributed by atoms with Crippen molar-refractivity contribution in [1.29, 1.82) is 0 Å². The number of ether oxygens (including phenoxy) is 1. The maximum atomic E-state index is 12.3. The molecule has 1 aromatic carbocycles. The Morgan fingerprint density at radius 3 is 2.86 bits per heavy atom. The van der Waals surface area contributed by atoms with E-state index in [2.05, 4.69) is 16.9 Å². The zero-order valence-electron chi connectivity index (χ0n) is 12.4. The zero-order valence-corrected chi connectivity index (χ0v) is 12.4. The molecule has 120 valence electrons. The minimum Gasteiger partial charge on any atom is -0.484 e. The zero-order chi connectivity index (χ0) is 15.7. The summed E-state index contributed by atoms with van der Waals surface area (Å²) in [5.41, 5.74) is 2.06. The summed E-state index contributed by atoms with van der Waals surface area (Å²) in [6.45, 7) is -0.156. The van der Waals surface area contributed by atoms with Crippen LogP contribution in [0.5, 0.6) is 5.75 Å². The summed E-state index contributed by atoms with van der Waals surface area (Å²) in [5.74, 6) is 0.255. The number of likely N-dealkylation sites (N-methyl/N-ethyl adjacent to an activating group) is 1. The highest BCUT2D eigenvalue weighted by Gasteiger charge is 2.28. The molecule has 1 N–H and O–H groups in total. The van der Waals surface area contributed by atoms with E-state index in [0.29, 0.717) is 6.04 Å². The highest BCUT2D eigenvalue weighted by atomic mass is 19.4. The molecule has 1 atom stereocenters. The number of hydrogen-bond donors (Lipinski definition) is 1. The minimum absolute atomic E-state index is 0.255. The fourth-order valence-electron chi connectivity index (χ4n) is 3.07. The van der Waals surface area contributed by atoms with Crippen LogP contribution >= 0.6 is 0 Å². The monoisotopic (exact) mass is 312 g/mol. The Balaban J connectivity index is 1.79. The molecule has 0 bridgehead atoms. The van der Waals surface area contributed by atoms with Crippen molar-refractivity contribution in [1.82, 2.24) is 9.88 Å². The number of fused-ring (bicyclic) bond motifs is 1. The van der Waals surface area contributed by atoms with Gasteiger partial charge < -0.3 is 14.6 Å². The summed E-state index contributed by atoms with van der Waals surface area (Å²) in [7, 11) is 2.12. The Labute approximate surface area is 127 Å². The Hall–Kier alpha value is -1.69. The highest BCUT2D eigenvalue weighted by molar-refractivity contribution is 5.84. The van der Waals surface area contributed by atoms with Crippen molar-refractivity contribution in [2.24, 2.45) is 0 Å². The van der Waals surface area contributed by atoms with Gasteiger partial charge in [0.1, 0.15) is 5.75 Å². The molecule has 0 amide bonds. The van der Waals surface area contributed by atoms with Gasteiger partial charge in [0.2, 0.25) is 0 Å². The molecule has 1 aliphatic rings. The van der Waals surface area contributed by atoms with Gasteiger partial charge in [0.25, 0.3) is 0 Å². The average Bonchev–Trinajstić information content (AvgIpc) is 3.04. The summed E-state index contributed by atoms with van der Waals surface area (Å²) in [4.78, 5) is 5.52. The summed E-state index contributed by atoms with van der Waals surface area (Å²) in [6, 6.07) is 5.53. The number of rotatable bonds is 4. The van der Waals surface area contributed by atoms with Crippen molar-refractivity contribution in [2.45, 2.75) is 31.5 Å². The molecule has 0 unspecified atom stereocenters.